The highest BCUT2D eigenvalue weighted by atomic mass is 32.2. The van der Waals surface area contributed by atoms with Crippen LogP contribution in [0.2, 0.25) is 0 Å². The van der Waals surface area contributed by atoms with Crippen molar-refractivity contribution in [2.24, 2.45) is 0 Å². The second-order valence-corrected chi connectivity index (χ2v) is 10.7. The molecule has 0 unspecified atom stereocenters. The van der Waals surface area contributed by atoms with Gasteiger partial charge in [0.05, 0.1) is 36.1 Å². The Balaban J connectivity index is 1.47. The Morgan fingerprint density at radius 3 is 2.10 bits per heavy atom. The van der Waals surface area contributed by atoms with Gasteiger partial charge in [-0.25, -0.2) is 8.42 Å². The van der Waals surface area contributed by atoms with Crippen molar-refractivity contribution in [1.82, 2.24) is 5.32 Å². The number of benzene rings is 4. The molecular formula is C30H29N3O6S. The van der Waals surface area contributed by atoms with Crippen LogP contribution in [-0.2, 0) is 16.6 Å². The van der Waals surface area contributed by atoms with E-state index < -0.39 is 15.9 Å². The molecule has 0 saturated carbocycles. The fourth-order valence-corrected chi connectivity index (χ4v) is 5.17. The molecule has 0 aliphatic heterocycles. The Morgan fingerprint density at radius 2 is 1.43 bits per heavy atom. The normalized spacial score (nSPS) is 10.9. The van der Waals surface area contributed by atoms with Gasteiger partial charge in [0.15, 0.2) is 11.5 Å². The monoisotopic (exact) mass is 559 g/mol. The number of nitrogens with zero attached hydrogens (tertiary/aromatic N) is 1. The maximum Gasteiger partial charge on any atom is 0.264 e. The molecule has 0 heterocycles. The summed E-state index contributed by atoms with van der Waals surface area (Å²) in [5.74, 6) is -0.0647. The molecule has 9 nitrogen and oxygen atoms in total. The maximum atomic E-state index is 13.2. The van der Waals surface area contributed by atoms with Crippen molar-refractivity contribution in [3.8, 4) is 11.5 Å². The Labute approximate surface area is 233 Å². The molecule has 2 N–H and O–H groups in total. The van der Waals surface area contributed by atoms with Crippen LogP contribution in [0.1, 0.15) is 26.3 Å². The van der Waals surface area contributed by atoms with Crippen LogP contribution < -0.4 is 24.4 Å². The maximum absolute atomic E-state index is 13.2. The van der Waals surface area contributed by atoms with E-state index in [2.05, 4.69) is 10.6 Å². The molecule has 10 heteroatoms. The number of carbonyl (C=O) groups excluding carboxylic acids is 2. The smallest absolute Gasteiger partial charge is 0.264 e. The van der Waals surface area contributed by atoms with Gasteiger partial charge < -0.3 is 20.1 Å². The van der Waals surface area contributed by atoms with Crippen LogP contribution in [0.15, 0.2) is 102 Å². The van der Waals surface area contributed by atoms with Gasteiger partial charge in [-0.15, -0.1) is 0 Å². The molecule has 0 radical (unpaired) electrons. The average molecular weight is 560 g/mol. The number of methoxy groups -OCH3 is 2. The number of anilines is 2. The van der Waals surface area contributed by atoms with Crippen molar-refractivity contribution in [3.05, 3.63) is 114 Å². The summed E-state index contributed by atoms with van der Waals surface area (Å²) in [5, 5.41) is 5.64. The van der Waals surface area contributed by atoms with Crippen molar-refractivity contribution in [1.29, 1.82) is 0 Å². The highest BCUT2D eigenvalue weighted by molar-refractivity contribution is 7.92. The summed E-state index contributed by atoms with van der Waals surface area (Å²) in [4.78, 5) is 25.8. The lowest BCUT2D eigenvalue weighted by Gasteiger charge is -2.20. The number of ether oxygens (including phenoxy) is 2. The minimum absolute atomic E-state index is 0.0246. The second-order valence-electron chi connectivity index (χ2n) is 8.70. The molecule has 0 atom stereocenters. The van der Waals surface area contributed by atoms with E-state index in [1.54, 1.807) is 24.3 Å². The molecule has 2 amide bonds. The zero-order chi connectivity index (χ0) is 28.7. The molecular weight excluding hydrogens is 530 g/mol. The molecule has 4 aromatic rings. The third-order valence-corrected chi connectivity index (χ3v) is 8.00. The molecule has 0 aliphatic rings. The van der Waals surface area contributed by atoms with Crippen LogP contribution in [0.4, 0.5) is 11.4 Å². The Kier molecular flexibility index (Phi) is 8.70. The standard InChI is InChI=1S/C30H29N3O6S/c1-33(40(36,37)24-17-18-27(38-2)28(19-24)39-3)23-15-13-22(14-16-23)29(34)32-26-12-8-7-11-25(26)30(35)31-20-21-9-5-4-6-10-21/h4-19H,20H2,1-3H3,(H,31,35)(H,32,34). The lowest BCUT2D eigenvalue weighted by atomic mass is 10.1. The van der Waals surface area contributed by atoms with Crippen LogP contribution in [0.3, 0.4) is 0 Å². The van der Waals surface area contributed by atoms with Crippen molar-refractivity contribution < 1.29 is 27.5 Å². The van der Waals surface area contributed by atoms with Gasteiger partial charge in [0.2, 0.25) is 0 Å². The molecule has 0 fully saturated rings. The molecule has 0 bridgehead atoms. The van der Waals surface area contributed by atoms with Gasteiger partial charge in [-0.3, -0.25) is 13.9 Å². The van der Waals surface area contributed by atoms with Gasteiger partial charge in [0.1, 0.15) is 0 Å². The number of nitrogens with one attached hydrogen (secondary N) is 2. The van der Waals surface area contributed by atoms with Crippen molar-refractivity contribution in [3.63, 3.8) is 0 Å². The van der Waals surface area contributed by atoms with Gasteiger partial charge in [-0.05, 0) is 54.1 Å². The quantitative estimate of drug-likeness (QED) is 0.291. The van der Waals surface area contributed by atoms with E-state index in [1.807, 2.05) is 30.3 Å². The summed E-state index contributed by atoms with van der Waals surface area (Å²) in [6.45, 7) is 0.350. The highest BCUT2D eigenvalue weighted by Gasteiger charge is 2.23. The molecule has 0 aliphatic carbocycles. The summed E-state index contributed by atoms with van der Waals surface area (Å²) in [6.07, 6.45) is 0. The first-order chi connectivity index (χ1) is 19.2. The number of amides is 2. The molecule has 0 spiro atoms. The summed E-state index contributed by atoms with van der Waals surface area (Å²) in [5.41, 5.74) is 2.28. The third kappa shape index (κ3) is 6.24. The Hall–Kier alpha value is -4.83. The number of para-hydroxylation sites is 1. The summed E-state index contributed by atoms with van der Waals surface area (Å²) < 4.78 is 38.0. The lowest BCUT2D eigenvalue weighted by Crippen LogP contribution is -2.26. The first kappa shape index (κ1) is 28.2. The Morgan fingerprint density at radius 1 is 0.775 bits per heavy atom. The van der Waals surface area contributed by atoms with E-state index in [4.69, 9.17) is 9.47 Å². The van der Waals surface area contributed by atoms with Crippen LogP contribution in [0.25, 0.3) is 0 Å². The number of rotatable bonds is 10. The van der Waals surface area contributed by atoms with Gasteiger partial charge in [0.25, 0.3) is 21.8 Å². The Bertz CT molecular complexity index is 1610. The first-order valence-corrected chi connectivity index (χ1v) is 13.7. The molecule has 0 aromatic heterocycles. The molecule has 0 saturated heterocycles. The molecule has 4 rings (SSSR count). The fraction of sp³-hybridized carbons (Fsp3) is 0.133. The zero-order valence-electron chi connectivity index (χ0n) is 22.2. The number of hydrogen-bond donors (Lipinski definition) is 2. The van der Waals surface area contributed by atoms with Crippen molar-refractivity contribution in [2.45, 2.75) is 11.4 Å². The van der Waals surface area contributed by atoms with E-state index in [0.29, 0.717) is 34.8 Å². The van der Waals surface area contributed by atoms with E-state index in [1.165, 1.54) is 63.7 Å². The van der Waals surface area contributed by atoms with E-state index in [-0.39, 0.29) is 16.6 Å². The van der Waals surface area contributed by atoms with Gasteiger partial charge in [0, 0.05) is 25.2 Å². The fourth-order valence-electron chi connectivity index (χ4n) is 3.95. The van der Waals surface area contributed by atoms with Gasteiger partial charge in [-0.2, -0.15) is 0 Å². The number of hydrogen-bond acceptors (Lipinski definition) is 6. The second kappa shape index (κ2) is 12.4. The van der Waals surface area contributed by atoms with Crippen LogP contribution in [0, 0.1) is 0 Å². The van der Waals surface area contributed by atoms with Gasteiger partial charge in [-0.1, -0.05) is 42.5 Å². The molecule has 40 heavy (non-hydrogen) atoms. The third-order valence-electron chi connectivity index (χ3n) is 6.22. The van der Waals surface area contributed by atoms with Crippen molar-refractivity contribution in [2.75, 3.05) is 30.9 Å². The molecule has 4 aromatic carbocycles. The summed E-state index contributed by atoms with van der Waals surface area (Å²) >= 11 is 0. The predicted octanol–water partition coefficient (Wildman–Crippen LogP) is 4.71. The van der Waals surface area contributed by atoms with Crippen molar-refractivity contribution >= 4 is 33.2 Å². The summed E-state index contributed by atoms with van der Waals surface area (Å²) in [7, 11) is 0.398. The SMILES string of the molecule is COc1ccc(S(=O)(=O)N(C)c2ccc(C(=O)Nc3ccccc3C(=O)NCc3ccccc3)cc2)cc1OC. The largest absolute Gasteiger partial charge is 0.493 e. The van der Waals surface area contributed by atoms with Crippen LogP contribution in [-0.4, -0.2) is 41.5 Å². The number of carbonyl (C=O) groups is 2. The number of sulfonamides is 1. The topological polar surface area (TPSA) is 114 Å². The zero-order valence-corrected chi connectivity index (χ0v) is 23.1. The van der Waals surface area contributed by atoms with Crippen LogP contribution >= 0.6 is 0 Å². The van der Waals surface area contributed by atoms with E-state index in [0.717, 1.165) is 9.87 Å². The first-order valence-electron chi connectivity index (χ1n) is 12.3. The van der Waals surface area contributed by atoms with E-state index >= 15 is 0 Å². The van der Waals surface area contributed by atoms with Gasteiger partial charge >= 0.3 is 0 Å². The van der Waals surface area contributed by atoms with E-state index in [9.17, 15) is 18.0 Å². The lowest BCUT2D eigenvalue weighted by molar-refractivity contribution is 0.0951. The minimum atomic E-state index is -3.92. The predicted molar refractivity (Wildman–Crippen MR) is 154 cm³/mol. The summed E-state index contributed by atoms with van der Waals surface area (Å²) in [6, 6.07) is 26.7. The van der Waals surface area contributed by atoms with Crippen LogP contribution in [0.5, 0.6) is 11.5 Å². The molecule has 206 valence electrons. The minimum Gasteiger partial charge on any atom is -0.493 e. The highest BCUT2D eigenvalue weighted by Crippen LogP contribution is 2.31. The average Bonchev–Trinajstić information content (AvgIpc) is 2.99.